The quantitative estimate of drug-likeness (QED) is 0.568. The molecule has 2 rings (SSSR count). The first-order valence-electron chi connectivity index (χ1n) is 7.81. The number of aliphatic hydroxyl groups is 1. The van der Waals surface area contributed by atoms with E-state index in [1.165, 1.54) is 24.3 Å². The molecule has 2 aromatic carbocycles. The number of carbonyl (C=O) groups excluding carboxylic acids is 1. The molecule has 0 aliphatic carbocycles. The van der Waals surface area contributed by atoms with Crippen molar-refractivity contribution in [2.45, 2.75) is 23.1 Å². The number of benzene rings is 2. The highest BCUT2D eigenvalue weighted by molar-refractivity contribution is 7.91. The first-order valence-corrected chi connectivity index (χ1v) is 9.35. The number of sulfone groups is 1. The summed E-state index contributed by atoms with van der Waals surface area (Å²) in [4.78, 5) is 11.4. The second kappa shape index (κ2) is 8.78. The molecule has 2 aromatic rings. The van der Waals surface area contributed by atoms with Crippen molar-refractivity contribution in [1.29, 1.82) is 0 Å². The summed E-state index contributed by atoms with van der Waals surface area (Å²) < 4.78 is 48.2. The van der Waals surface area contributed by atoms with Crippen LogP contribution in [0.25, 0.3) is 0 Å². The predicted molar refractivity (Wildman–Crippen MR) is 94.5 cm³/mol. The van der Waals surface area contributed by atoms with Crippen molar-refractivity contribution in [3.8, 4) is 5.75 Å². The summed E-state index contributed by atoms with van der Waals surface area (Å²) in [6.07, 6.45) is 0.282. The van der Waals surface area contributed by atoms with Gasteiger partial charge in [0.2, 0.25) is 9.84 Å². The standard InChI is InChI=1S/C17H18F2N2O5S/c18-16(19)27(25,26)15-3-1-2-12(9-15)20-17(24)21-13(10-22)8-11-4-6-14(23)7-5-11/h1-7,9,13,16,22-23H,8,10H2,(H2,20,21,24)/t13-/m0/s1. The zero-order chi connectivity index (χ0) is 20.0. The van der Waals surface area contributed by atoms with Crippen molar-refractivity contribution in [3.05, 3.63) is 54.1 Å². The average molecular weight is 400 g/mol. The van der Waals surface area contributed by atoms with Crippen molar-refractivity contribution in [1.82, 2.24) is 5.32 Å². The van der Waals surface area contributed by atoms with Crippen LogP contribution >= 0.6 is 0 Å². The molecule has 0 aliphatic rings. The third kappa shape index (κ3) is 5.63. The Labute approximate surface area is 154 Å². The van der Waals surface area contributed by atoms with E-state index < -0.39 is 32.6 Å². The van der Waals surface area contributed by atoms with Crippen LogP contribution in [0.15, 0.2) is 53.4 Å². The lowest BCUT2D eigenvalue weighted by atomic mass is 10.1. The van der Waals surface area contributed by atoms with E-state index in [4.69, 9.17) is 0 Å². The normalized spacial score (nSPS) is 12.6. The Kier molecular flexibility index (Phi) is 6.70. The second-order valence-corrected chi connectivity index (χ2v) is 7.60. The smallest absolute Gasteiger partial charge is 0.341 e. The first kappa shape index (κ1) is 20.6. The highest BCUT2D eigenvalue weighted by Gasteiger charge is 2.26. The SMILES string of the molecule is O=C(Nc1cccc(S(=O)(=O)C(F)F)c1)N[C@H](CO)Cc1ccc(O)cc1. The van der Waals surface area contributed by atoms with Gasteiger partial charge >= 0.3 is 11.8 Å². The van der Waals surface area contributed by atoms with Crippen LogP contribution in [0, 0.1) is 0 Å². The number of hydrogen-bond donors (Lipinski definition) is 4. The lowest BCUT2D eigenvalue weighted by Crippen LogP contribution is -2.41. The van der Waals surface area contributed by atoms with Gasteiger partial charge < -0.3 is 20.8 Å². The number of aliphatic hydroxyl groups excluding tert-OH is 1. The first-order chi connectivity index (χ1) is 12.7. The van der Waals surface area contributed by atoms with Gasteiger partial charge in [-0.15, -0.1) is 0 Å². The molecule has 7 nitrogen and oxygen atoms in total. The lowest BCUT2D eigenvalue weighted by Gasteiger charge is -2.17. The Morgan fingerprint density at radius 3 is 2.37 bits per heavy atom. The molecule has 0 heterocycles. The van der Waals surface area contributed by atoms with E-state index in [9.17, 15) is 32.2 Å². The van der Waals surface area contributed by atoms with Gasteiger partial charge in [0.1, 0.15) is 5.75 Å². The molecule has 0 bridgehead atoms. The number of phenolic OH excluding ortho intramolecular Hbond substituents is 1. The van der Waals surface area contributed by atoms with Gasteiger partial charge in [-0.1, -0.05) is 18.2 Å². The summed E-state index contributed by atoms with van der Waals surface area (Å²) >= 11 is 0. The Morgan fingerprint density at radius 2 is 1.78 bits per heavy atom. The van der Waals surface area contributed by atoms with Crippen molar-refractivity contribution in [3.63, 3.8) is 0 Å². The minimum absolute atomic E-state index is 0.00977. The monoisotopic (exact) mass is 400 g/mol. The van der Waals surface area contributed by atoms with Crippen molar-refractivity contribution in [2.75, 3.05) is 11.9 Å². The molecule has 2 amide bonds. The van der Waals surface area contributed by atoms with Gasteiger partial charge in [0.15, 0.2) is 0 Å². The van der Waals surface area contributed by atoms with Gasteiger partial charge in [-0.3, -0.25) is 0 Å². The van der Waals surface area contributed by atoms with Gasteiger partial charge in [-0.25, -0.2) is 13.2 Å². The molecule has 0 fully saturated rings. The highest BCUT2D eigenvalue weighted by atomic mass is 32.2. The molecule has 4 N–H and O–H groups in total. The number of carbonyl (C=O) groups is 1. The number of nitrogens with one attached hydrogen (secondary N) is 2. The van der Waals surface area contributed by atoms with Gasteiger partial charge in [0, 0.05) is 5.69 Å². The molecule has 0 spiro atoms. The topological polar surface area (TPSA) is 116 Å². The fourth-order valence-electron chi connectivity index (χ4n) is 2.28. The number of amides is 2. The zero-order valence-electron chi connectivity index (χ0n) is 14.0. The van der Waals surface area contributed by atoms with E-state index in [1.807, 2.05) is 0 Å². The molecule has 0 unspecified atom stereocenters. The summed E-state index contributed by atoms with van der Waals surface area (Å²) in [5.41, 5.74) is 0.771. The number of halogens is 2. The highest BCUT2D eigenvalue weighted by Crippen LogP contribution is 2.21. The molecule has 0 saturated carbocycles. The van der Waals surface area contributed by atoms with Crippen LogP contribution in [0.4, 0.5) is 19.3 Å². The fraction of sp³-hybridized carbons (Fsp3) is 0.235. The van der Waals surface area contributed by atoms with Crippen LogP contribution in [0.1, 0.15) is 5.56 Å². The van der Waals surface area contributed by atoms with Gasteiger partial charge in [-0.05, 0) is 42.3 Å². The minimum Gasteiger partial charge on any atom is -0.508 e. The summed E-state index contributed by atoms with van der Waals surface area (Å²) in [6, 6.07) is 9.33. The summed E-state index contributed by atoms with van der Waals surface area (Å²) in [5.74, 6) is -3.48. The van der Waals surface area contributed by atoms with E-state index in [0.717, 1.165) is 17.7 Å². The Morgan fingerprint density at radius 1 is 1.11 bits per heavy atom. The van der Waals surface area contributed by atoms with E-state index in [1.54, 1.807) is 12.1 Å². The molecule has 27 heavy (non-hydrogen) atoms. The Bertz CT molecular complexity index is 888. The van der Waals surface area contributed by atoms with Crippen LogP contribution in [0.5, 0.6) is 5.75 Å². The van der Waals surface area contributed by atoms with E-state index in [2.05, 4.69) is 10.6 Å². The fourth-order valence-corrected chi connectivity index (χ4v) is 3.05. The number of urea groups is 1. The molecular formula is C17H18F2N2O5S. The lowest BCUT2D eigenvalue weighted by molar-refractivity contribution is 0.224. The Balaban J connectivity index is 2.03. The van der Waals surface area contributed by atoms with Gasteiger partial charge in [-0.2, -0.15) is 8.78 Å². The molecule has 0 saturated heterocycles. The maximum atomic E-state index is 12.6. The molecule has 0 aliphatic heterocycles. The number of phenols is 1. The zero-order valence-corrected chi connectivity index (χ0v) is 14.8. The van der Waals surface area contributed by atoms with Crippen LogP contribution < -0.4 is 10.6 Å². The maximum absolute atomic E-state index is 12.6. The number of rotatable bonds is 7. The third-order valence-electron chi connectivity index (χ3n) is 3.63. The van der Waals surface area contributed by atoms with E-state index in [0.29, 0.717) is 0 Å². The largest absolute Gasteiger partial charge is 0.508 e. The maximum Gasteiger partial charge on any atom is 0.341 e. The average Bonchev–Trinajstić information content (AvgIpc) is 2.63. The van der Waals surface area contributed by atoms with Crippen LogP contribution in [0.2, 0.25) is 0 Å². The van der Waals surface area contributed by atoms with Crippen molar-refractivity contribution in [2.24, 2.45) is 0 Å². The van der Waals surface area contributed by atoms with Gasteiger partial charge in [0.25, 0.3) is 0 Å². The second-order valence-electron chi connectivity index (χ2n) is 5.68. The summed E-state index contributed by atoms with van der Waals surface area (Å²) in [5, 5.41) is 23.5. The summed E-state index contributed by atoms with van der Waals surface area (Å²) in [6.45, 7) is -0.367. The molecule has 1 atom stereocenters. The van der Waals surface area contributed by atoms with Crippen LogP contribution in [-0.2, 0) is 16.3 Å². The number of aromatic hydroxyl groups is 1. The van der Waals surface area contributed by atoms with Crippen LogP contribution in [-0.4, -0.2) is 43.1 Å². The number of anilines is 1. The van der Waals surface area contributed by atoms with E-state index >= 15 is 0 Å². The van der Waals surface area contributed by atoms with Gasteiger partial charge in [0.05, 0.1) is 17.5 Å². The molecule has 0 radical (unpaired) electrons. The summed E-state index contributed by atoms with van der Waals surface area (Å²) in [7, 11) is -4.77. The minimum atomic E-state index is -4.77. The third-order valence-corrected chi connectivity index (χ3v) is 5.01. The van der Waals surface area contributed by atoms with Crippen molar-refractivity contribution >= 4 is 21.6 Å². The predicted octanol–water partition coefficient (Wildman–Crippen LogP) is 2.11. The molecule has 146 valence electrons. The molecule has 0 aromatic heterocycles. The number of hydrogen-bond acceptors (Lipinski definition) is 5. The molecular weight excluding hydrogens is 382 g/mol. The Hall–Kier alpha value is -2.72. The number of alkyl halides is 2. The molecule has 10 heteroatoms. The van der Waals surface area contributed by atoms with Crippen LogP contribution in [0.3, 0.4) is 0 Å². The van der Waals surface area contributed by atoms with E-state index in [-0.39, 0.29) is 24.5 Å². The van der Waals surface area contributed by atoms with Crippen molar-refractivity contribution < 1.29 is 32.2 Å².